The molecule has 0 aromatic rings. The van der Waals surface area contributed by atoms with Crippen molar-refractivity contribution in [1.29, 1.82) is 0 Å². The lowest BCUT2D eigenvalue weighted by atomic mass is 9.62. The zero-order valence-corrected chi connectivity index (χ0v) is 8.23. The standard InChI is InChI=1S/C11H21N/c1-10-4-2-3-5-11(10)6-8-12-9-7-11/h10,12H,2-9H2,1H3. The van der Waals surface area contributed by atoms with Crippen LogP contribution in [0.15, 0.2) is 0 Å². The van der Waals surface area contributed by atoms with E-state index in [1.807, 2.05) is 0 Å². The molecule has 2 fully saturated rings. The van der Waals surface area contributed by atoms with Gasteiger partial charge in [-0.05, 0) is 43.7 Å². The highest BCUT2D eigenvalue weighted by Gasteiger charge is 2.38. The highest BCUT2D eigenvalue weighted by Crippen LogP contribution is 2.47. The predicted molar refractivity (Wildman–Crippen MR) is 52.2 cm³/mol. The topological polar surface area (TPSA) is 12.0 Å². The van der Waals surface area contributed by atoms with Crippen molar-refractivity contribution in [2.75, 3.05) is 13.1 Å². The lowest BCUT2D eigenvalue weighted by Crippen LogP contribution is -2.42. The summed E-state index contributed by atoms with van der Waals surface area (Å²) in [4.78, 5) is 0. The fraction of sp³-hybridized carbons (Fsp3) is 1.00. The molecule has 1 N–H and O–H groups in total. The minimum atomic E-state index is 0.753. The van der Waals surface area contributed by atoms with Gasteiger partial charge in [-0.15, -0.1) is 0 Å². The molecule has 1 atom stereocenters. The zero-order chi connectivity index (χ0) is 8.44. The molecule has 1 unspecified atom stereocenters. The summed E-state index contributed by atoms with van der Waals surface area (Å²) in [6, 6.07) is 0. The van der Waals surface area contributed by atoms with Gasteiger partial charge in [-0.2, -0.15) is 0 Å². The third-order valence-corrected chi connectivity index (χ3v) is 4.21. The zero-order valence-electron chi connectivity index (χ0n) is 8.23. The maximum absolute atomic E-state index is 3.48. The van der Waals surface area contributed by atoms with Crippen molar-refractivity contribution in [2.45, 2.75) is 45.4 Å². The molecule has 0 aromatic heterocycles. The van der Waals surface area contributed by atoms with E-state index in [1.165, 1.54) is 51.6 Å². The number of rotatable bonds is 0. The molecule has 0 amide bonds. The van der Waals surface area contributed by atoms with Crippen LogP contribution in [0.1, 0.15) is 45.4 Å². The lowest BCUT2D eigenvalue weighted by molar-refractivity contribution is 0.0671. The molecule has 12 heavy (non-hydrogen) atoms. The van der Waals surface area contributed by atoms with Gasteiger partial charge >= 0.3 is 0 Å². The summed E-state index contributed by atoms with van der Waals surface area (Å²) in [7, 11) is 0. The van der Waals surface area contributed by atoms with Crippen LogP contribution in [-0.4, -0.2) is 13.1 Å². The Morgan fingerprint density at radius 2 is 1.83 bits per heavy atom. The number of piperidine rings is 1. The van der Waals surface area contributed by atoms with Crippen LogP contribution >= 0.6 is 0 Å². The average Bonchev–Trinajstić information content (AvgIpc) is 2.12. The third kappa shape index (κ3) is 1.39. The van der Waals surface area contributed by atoms with Crippen molar-refractivity contribution in [3.8, 4) is 0 Å². The number of nitrogens with one attached hydrogen (secondary N) is 1. The van der Waals surface area contributed by atoms with Gasteiger partial charge in [-0.1, -0.05) is 26.2 Å². The molecular weight excluding hydrogens is 146 g/mol. The molecule has 70 valence electrons. The molecule has 1 heteroatoms. The Hall–Kier alpha value is -0.0400. The van der Waals surface area contributed by atoms with Crippen molar-refractivity contribution in [1.82, 2.24) is 5.32 Å². The molecule has 1 saturated carbocycles. The van der Waals surface area contributed by atoms with Crippen LogP contribution in [0.25, 0.3) is 0 Å². The summed E-state index contributed by atoms with van der Waals surface area (Å²) in [5.74, 6) is 0.994. The minimum Gasteiger partial charge on any atom is -0.317 e. The SMILES string of the molecule is CC1CCCCC12CCNCC2. The van der Waals surface area contributed by atoms with Gasteiger partial charge in [-0.25, -0.2) is 0 Å². The third-order valence-electron chi connectivity index (χ3n) is 4.21. The fourth-order valence-electron chi connectivity index (χ4n) is 3.15. The van der Waals surface area contributed by atoms with Crippen LogP contribution in [-0.2, 0) is 0 Å². The van der Waals surface area contributed by atoms with Crippen molar-refractivity contribution < 1.29 is 0 Å². The van der Waals surface area contributed by atoms with E-state index in [9.17, 15) is 0 Å². The van der Waals surface area contributed by atoms with E-state index in [0.29, 0.717) is 0 Å². The molecule has 1 aliphatic heterocycles. The van der Waals surface area contributed by atoms with Crippen molar-refractivity contribution in [3.05, 3.63) is 0 Å². The Kier molecular flexibility index (Phi) is 2.40. The Morgan fingerprint density at radius 1 is 1.08 bits per heavy atom. The summed E-state index contributed by atoms with van der Waals surface area (Å²) in [5.41, 5.74) is 0.753. The summed E-state index contributed by atoms with van der Waals surface area (Å²) >= 11 is 0. The highest BCUT2D eigenvalue weighted by molar-refractivity contribution is 4.91. The second-order valence-corrected chi connectivity index (χ2v) is 4.76. The molecule has 1 spiro atoms. The normalized spacial score (nSPS) is 35.2. The molecular formula is C11H21N. The maximum atomic E-state index is 3.48. The lowest BCUT2D eigenvalue weighted by Gasteiger charge is -2.45. The minimum absolute atomic E-state index is 0.753. The largest absolute Gasteiger partial charge is 0.317 e. The second-order valence-electron chi connectivity index (χ2n) is 4.76. The maximum Gasteiger partial charge on any atom is -0.00435 e. The first kappa shape index (κ1) is 8.55. The average molecular weight is 167 g/mol. The second kappa shape index (κ2) is 3.37. The van der Waals surface area contributed by atoms with E-state index >= 15 is 0 Å². The Morgan fingerprint density at radius 3 is 2.50 bits per heavy atom. The predicted octanol–water partition coefficient (Wildman–Crippen LogP) is 2.57. The molecule has 1 saturated heterocycles. The first-order chi connectivity index (χ1) is 5.83. The van der Waals surface area contributed by atoms with E-state index in [1.54, 1.807) is 0 Å². The van der Waals surface area contributed by atoms with E-state index in [4.69, 9.17) is 0 Å². The van der Waals surface area contributed by atoms with E-state index in [2.05, 4.69) is 12.2 Å². The van der Waals surface area contributed by atoms with Crippen LogP contribution in [0.2, 0.25) is 0 Å². The molecule has 1 aliphatic carbocycles. The van der Waals surface area contributed by atoms with Crippen LogP contribution in [0, 0.1) is 11.3 Å². The number of hydrogen-bond donors (Lipinski definition) is 1. The fourth-order valence-corrected chi connectivity index (χ4v) is 3.15. The smallest absolute Gasteiger partial charge is 0.00435 e. The van der Waals surface area contributed by atoms with Crippen LogP contribution in [0.5, 0.6) is 0 Å². The Labute approximate surface area is 75.9 Å². The molecule has 1 nitrogen and oxygen atoms in total. The monoisotopic (exact) mass is 167 g/mol. The first-order valence-electron chi connectivity index (χ1n) is 5.54. The number of hydrogen-bond acceptors (Lipinski definition) is 1. The van der Waals surface area contributed by atoms with Crippen molar-refractivity contribution in [3.63, 3.8) is 0 Å². The molecule has 2 aliphatic rings. The Bertz CT molecular complexity index is 139. The van der Waals surface area contributed by atoms with Gasteiger partial charge in [-0.3, -0.25) is 0 Å². The van der Waals surface area contributed by atoms with Crippen LogP contribution < -0.4 is 5.32 Å². The summed E-state index contributed by atoms with van der Waals surface area (Å²) < 4.78 is 0. The molecule has 0 radical (unpaired) electrons. The van der Waals surface area contributed by atoms with Gasteiger partial charge in [0.15, 0.2) is 0 Å². The summed E-state index contributed by atoms with van der Waals surface area (Å²) in [6.07, 6.45) is 8.85. The van der Waals surface area contributed by atoms with Crippen LogP contribution in [0.4, 0.5) is 0 Å². The van der Waals surface area contributed by atoms with E-state index < -0.39 is 0 Å². The quantitative estimate of drug-likeness (QED) is 0.584. The highest BCUT2D eigenvalue weighted by atomic mass is 14.9. The van der Waals surface area contributed by atoms with Crippen LogP contribution in [0.3, 0.4) is 0 Å². The molecule has 2 rings (SSSR count). The first-order valence-corrected chi connectivity index (χ1v) is 5.54. The van der Waals surface area contributed by atoms with Gasteiger partial charge in [0, 0.05) is 0 Å². The van der Waals surface area contributed by atoms with E-state index in [0.717, 1.165) is 11.3 Å². The van der Waals surface area contributed by atoms with Crippen molar-refractivity contribution >= 4 is 0 Å². The van der Waals surface area contributed by atoms with Gasteiger partial charge in [0.2, 0.25) is 0 Å². The molecule has 0 bridgehead atoms. The van der Waals surface area contributed by atoms with Gasteiger partial charge in [0.1, 0.15) is 0 Å². The molecule has 0 aromatic carbocycles. The van der Waals surface area contributed by atoms with Crippen molar-refractivity contribution in [2.24, 2.45) is 11.3 Å². The van der Waals surface area contributed by atoms with Gasteiger partial charge in [0.25, 0.3) is 0 Å². The van der Waals surface area contributed by atoms with Gasteiger partial charge in [0.05, 0.1) is 0 Å². The van der Waals surface area contributed by atoms with E-state index in [-0.39, 0.29) is 0 Å². The van der Waals surface area contributed by atoms with Gasteiger partial charge < -0.3 is 5.32 Å². The summed E-state index contributed by atoms with van der Waals surface area (Å²) in [6.45, 7) is 5.01. The summed E-state index contributed by atoms with van der Waals surface area (Å²) in [5, 5.41) is 3.48. The Balaban J connectivity index is 2.04. The molecule has 1 heterocycles.